The number of aliphatic hydroxyl groups is 1. The predicted octanol–water partition coefficient (Wildman–Crippen LogP) is 3.62. The lowest BCUT2D eigenvalue weighted by Gasteiger charge is -2.42. The Kier molecular flexibility index (Phi) is 7.10. The van der Waals surface area contributed by atoms with Crippen LogP contribution in [0.1, 0.15) is 36.0 Å². The number of likely N-dealkylation sites (tertiary alicyclic amines) is 1. The van der Waals surface area contributed by atoms with Crippen LogP contribution in [0.3, 0.4) is 0 Å². The fraction of sp³-hybridized carbons (Fsp3) is 0.480. The molecule has 0 bridgehead atoms. The molecule has 2 aliphatic heterocycles. The third kappa shape index (κ3) is 5.38. The first-order valence-electron chi connectivity index (χ1n) is 11.3. The second-order valence-corrected chi connectivity index (χ2v) is 8.63. The van der Waals surface area contributed by atoms with Gasteiger partial charge >= 0.3 is 0 Å². The van der Waals surface area contributed by atoms with Gasteiger partial charge in [0.15, 0.2) is 0 Å². The summed E-state index contributed by atoms with van der Waals surface area (Å²) < 4.78 is 5.14. The molecule has 0 saturated carbocycles. The molecule has 2 fully saturated rings. The quantitative estimate of drug-likeness (QED) is 0.743. The van der Waals surface area contributed by atoms with Gasteiger partial charge in [0.2, 0.25) is 0 Å². The molecular formula is C25H33N3O3. The summed E-state index contributed by atoms with van der Waals surface area (Å²) in [6, 6.07) is 15.9. The van der Waals surface area contributed by atoms with Crippen molar-refractivity contribution in [1.82, 2.24) is 4.90 Å². The maximum Gasteiger partial charge on any atom is 0.255 e. The molecule has 1 amide bonds. The molecule has 1 atom stereocenters. The van der Waals surface area contributed by atoms with E-state index in [1.807, 2.05) is 12.1 Å². The molecule has 2 aromatic rings. The van der Waals surface area contributed by atoms with Crippen LogP contribution in [0.5, 0.6) is 5.75 Å². The van der Waals surface area contributed by atoms with Gasteiger partial charge in [-0.25, -0.2) is 0 Å². The summed E-state index contributed by atoms with van der Waals surface area (Å²) in [7, 11) is 1.61. The number of aliphatic hydroxyl groups excluding tert-OH is 1. The van der Waals surface area contributed by atoms with Gasteiger partial charge in [-0.1, -0.05) is 0 Å². The number of carbonyl (C=O) groups excluding carboxylic acids is 1. The number of hydrogen-bond donors (Lipinski definition) is 2. The number of benzene rings is 2. The lowest BCUT2D eigenvalue weighted by Crippen LogP contribution is -2.49. The summed E-state index contributed by atoms with van der Waals surface area (Å²) in [5.41, 5.74) is 2.60. The smallest absolute Gasteiger partial charge is 0.255 e. The summed E-state index contributed by atoms with van der Waals surface area (Å²) in [5.74, 6) is 1.06. The van der Waals surface area contributed by atoms with E-state index in [0.29, 0.717) is 24.1 Å². The number of hydrogen-bond acceptors (Lipinski definition) is 5. The van der Waals surface area contributed by atoms with Crippen molar-refractivity contribution in [2.24, 2.45) is 5.92 Å². The topological polar surface area (TPSA) is 65.0 Å². The number of methoxy groups -OCH3 is 1. The standard InChI is InChI=1S/C25H33N3O3/c1-31-24-10-4-20(5-11-24)25(30)26-21-6-8-22(9-7-21)27-15-12-23(13-16-27)28-14-2-3-19(17-28)18-29/h4-11,19,23,29H,2-3,12-18H2,1H3,(H,26,30). The van der Waals surface area contributed by atoms with Gasteiger partial charge in [-0.2, -0.15) is 0 Å². The highest BCUT2D eigenvalue weighted by Crippen LogP contribution is 2.27. The van der Waals surface area contributed by atoms with Crippen LogP contribution in [0.4, 0.5) is 11.4 Å². The highest BCUT2D eigenvalue weighted by molar-refractivity contribution is 6.04. The Bertz CT molecular complexity index is 845. The van der Waals surface area contributed by atoms with E-state index in [4.69, 9.17) is 4.74 Å². The Balaban J connectivity index is 1.29. The average molecular weight is 424 g/mol. The van der Waals surface area contributed by atoms with Crippen molar-refractivity contribution in [2.45, 2.75) is 31.7 Å². The van der Waals surface area contributed by atoms with Gasteiger partial charge in [-0.05, 0) is 86.7 Å². The Morgan fingerprint density at radius 3 is 2.39 bits per heavy atom. The second-order valence-electron chi connectivity index (χ2n) is 8.63. The van der Waals surface area contributed by atoms with Gasteiger partial charge in [0.25, 0.3) is 5.91 Å². The van der Waals surface area contributed by atoms with Crippen LogP contribution in [-0.4, -0.2) is 61.9 Å². The normalized spacial score (nSPS) is 20.5. The van der Waals surface area contributed by atoms with Gasteiger partial charge in [-0.15, -0.1) is 0 Å². The fourth-order valence-electron chi connectivity index (χ4n) is 4.77. The van der Waals surface area contributed by atoms with E-state index in [-0.39, 0.29) is 5.91 Å². The minimum atomic E-state index is -0.126. The molecule has 0 aromatic heterocycles. The van der Waals surface area contributed by atoms with E-state index < -0.39 is 0 Å². The van der Waals surface area contributed by atoms with Crippen molar-refractivity contribution in [3.63, 3.8) is 0 Å². The summed E-state index contributed by atoms with van der Waals surface area (Å²) in [4.78, 5) is 17.5. The van der Waals surface area contributed by atoms with Crippen molar-refractivity contribution in [1.29, 1.82) is 0 Å². The van der Waals surface area contributed by atoms with Gasteiger partial charge in [0.05, 0.1) is 7.11 Å². The van der Waals surface area contributed by atoms with E-state index in [1.165, 1.54) is 18.7 Å². The number of carbonyl (C=O) groups is 1. The van der Waals surface area contributed by atoms with Gasteiger partial charge in [0, 0.05) is 49.2 Å². The van der Waals surface area contributed by atoms with Gasteiger partial charge in [0.1, 0.15) is 5.75 Å². The SMILES string of the molecule is COc1ccc(C(=O)Nc2ccc(N3CCC(N4CCCC(CO)C4)CC3)cc2)cc1. The van der Waals surface area contributed by atoms with Gasteiger partial charge < -0.3 is 20.1 Å². The molecular weight excluding hydrogens is 390 g/mol. The maximum atomic E-state index is 12.4. The van der Waals surface area contributed by atoms with E-state index in [0.717, 1.165) is 50.3 Å². The maximum absolute atomic E-state index is 12.4. The van der Waals surface area contributed by atoms with Crippen molar-refractivity contribution in [3.05, 3.63) is 54.1 Å². The number of nitrogens with zero attached hydrogens (tertiary/aromatic N) is 2. The molecule has 6 heteroatoms. The van der Waals surface area contributed by atoms with Crippen molar-refractivity contribution < 1.29 is 14.6 Å². The molecule has 0 radical (unpaired) electrons. The molecule has 2 N–H and O–H groups in total. The van der Waals surface area contributed by atoms with Crippen molar-refractivity contribution in [2.75, 3.05) is 50.1 Å². The summed E-state index contributed by atoms with van der Waals surface area (Å²) in [5, 5.41) is 12.5. The van der Waals surface area contributed by atoms with Crippen LogP contribution in [0, 0.1) is 5.92 Å². The van der Waals surface area contributed by atoms with E-state index in [1.54, 1.807) is 31.4 Å². The summed E-state index contributed by atoms with van der Waals surface area (Å²) in [6.07, 6.45) is 4.69. The van der Waals surface area contributed by atoms with Crippen LogP contribution in [0.25, 0.3) is 0 Å². The lowest BCUT2D eigenvalue weighted by molar-refractivity contribution is 0.0778. The number of rotatable bonds is 6. The first kappa shape index (κ1) is 21.7. The minimum absolute atomic E-state index is 0.126. The minimum Gasteiger partial charge on any atom is -0.497 e. The van der Waals surface area contributed by atoms with Crippen LogP contribution < -0.4 is 15.0 Å². The fourth-order valence-corrected chi connectivity index (χ4v) is 4.77. The van der Waals surface area contributed by atoms with E-state index in [9.17, 15) is 9.90 Å². The number of nitrogens with one attached hydrogen (secondary N) is 1. The molecule has 0 aliphatic carbocycles. The Hall–Kier alpha value is -2.57. The molecule has 2 aromatic carbocycles. The molecule has 31 heavy (non-hydrogen) atoms. The van der Waals surface area contributed by atoms with Crippen LogP contribution in [-0.2, 0) is 0 Å². The zero-order valence-electron chi connectivity index (χ0n) is 18.3. The highest BCUT2D eigenvalue weighted by atomic mass is 16.5. The predicted molar refractivity (Wildman–Crippen MR) is 124 cm³/mol. The van der Waals surface area contributed by atoms with Gasteiger partial charge in [-0.3, -0.25) is 9.69 Å². The highest BCUT2D eigenvalue weighted by Gasteiger charge is 2.28. The summed E-state index contributed by atoms with van der Waals surface area (Å²) >= 11 is 0. The number of amides is 1. The molecule has 2 heterocycles. The second kappa shape index (κ2) is 10.2. The lowest BCUT2D eigenvalue weighted by atomic mass is 9.94. The molecule has 2 aliphatic rings. The number of anilines is 2. The Labute approximate surface area is 184 Å². The number of piperidine rings is 2. The molecule has 0 spiro atoms. The monoisotopic (exact) mass is 423 g/mol. The van der Waals surface area contributed by atoms with Crippen LogP contribution in [0.2, 0.25) is 0 Å². The number of ether oxygens (including phenoxy) is 1. The first-order valence-corrected chi connectivity index (χ1v) is 11.3. The largest absolute Gasteiger partial charge is 0.497 e. The first-order chi connectivity index (χ1) is 15.2. The Morgan fingerprint density at radius 2 is 1.74 bits per heavy atom. The van der Waals surface area contributed by atoms with Crippen molar-refractivity contribution >= 4 is 17.3 Å². The molecule has 2 saturated heterocycles. The molecule has 4 rings (SSSR count). The van der Waals surface area contributed by atoms with Crippen LogP contribution in [0.15, 0.2) is 48.5 Å². The van der Waals surface area contributed by atoms with E-state index >= 15 is 0 Å². The van der Waals surface area contributed by atoms with E-state index in [2.05, 4.69) is 27.2 Å². The zero-order valence-corrected chi connectivity index (χ0v) is 18.3. The van der Waals surface area contributed by atoms with Crippen molar-refractivity contribution in [3.8, 4) is 5.75 Å². The Morgan fingerprint density at radius 1 is 1.03 bits per heavy atom. The van der Waals surface area contributed by atoms with Crippen LogP contribution >= 0.6 is 0 Å². The zero-order chi connectivity index (χ0) is 21.6. The summed E-state index contributed by atoms with van der Waals surface area (Å²) in [6.45, 7) is 4.62. The molecule has 6 nitrogen and oxygen atoms in total. The molecule has 166 valence electrons. The average Bonchev–Trinajstić information content (AvgIpc) is 2.84. The molecule has 1 unspecified atom stereocenters. The third-order valence-corrected chi connectivity index (χ3v) is 6.63. The third-order valence-electron chi connectivity index (χ3n) is 6.63.